The molecule has 0 aliphatic carbocycles. The summed E-state index contributed by atoms with van der Waals surface area (Å²) in [5.41, 5.74) is 0.732. The molecule has 3 aromatic carbocycles. The number of methoxy groups -OCH3 is 2. The molecule has 2 amide bonds. The summed E-state index contributed by atoms with van der Waals surface area (Å²) in [6.07, 6.45) is 0. The number of ether oxygens (including phenoxy) is 2. The number of halogens is 1. The van der Waals surface area contributed by atoms with Crippen LogP contribution in [0.25, 0.3) is 0 Å². The lowest BCUT2D eigenvalue weighted by Gasteiger charge is -2.25. The third kappa shape index (κ3) is 6.72. The first-order chi connectivity index (χ1) is 17.6. The van der Waals surface area contributed by atoms with Crippen LogP contribution in [0.3, 0.4) is 0 Å². The smallest absolute Gasteiger partial charge is 0.264 e. The first kappa shape index (κ1) is 27.8. The Kier molecular flexibility index (Phi) is 9.01. The summed E-state index contributed by atoms with van der Waals surface area (Å²) in [6.45, 7) is 3.07. The fourth-order valence-corrected chi connectivity index (χ4v) is 5.04. The predicted octanol–water partition coefficient (Wildman–Crippen LogP) is 4.33. The lowest BCUT2D eigenvalue weighted by Crippen LogP contribution is -2.38. The van der Waals surface area contributed by atoms with Gasteiger partial charge >= 0.3 is 0 Å². The zero-order valence-electron chi connectivity index (χ0n) is 20.8. The summed E-state index contributed by atoms with van der Waals surface area (Å²) < 4.78 is 38.9. The SMILES string of the molecule is COc1ccc(S(=O)(=O)N(CC(=O)Nc2ccccc2C(=O)NC(C)C)c2ccc(Cl)cc2)cc1OC. The minimum absolute atomic E-state index is 0.107. The molecule has 0 aromatic heterocycles. The summed E-state index contributed by atoms with van der Waals surface area (Å²) >= 11 is 6.00. The van der Waals surface area contributed by atoms with Gasteiger partial charge in [-0.05, 0) is 62.4 Å². The Bertz CT molecular complexity index is 1380. The molecule has 3 aromatic rings. The highest BCUT2D eigenvalue weighted by atomic mass is 35.5. The molecule has 9 nitrogen and oxygen atoms in total. The highest BCUT2D eigenvalue weighted by Gasteiger charge is 2.29. The molecular formula is C26H28ClN3O6S. The van der Waals surface area contributed by atoms with E-state index in [1.807, 2.05) is 13.8 Å². The molecule has 0 saturated heterocycles. The Hall–Kier alpha value is -3.76. The van der Waals surface area contributed by atoms with Gasteiger partial charge in [0.2, 0.25) is 5.91 Å². The van der Waals surface area contributed by atoms with Crippen molar-refractivity contribution >= 4 is 44.8 Å². The Morgan fingerprint density at radius 2 is 1.59 bits per heavy atom. The molecule has 0 aliphatic heterocycles. The van der Waals surface area contributed by atoms with Crippen LogP contribution in [0.2, 0.25) is 5.02 Å². The molecule has 0 bridgehead atoms. The van der Waals surface area contributed by atoms with E-state index in [4.69, 9.17) is 21.1 Å². The molecular weight excluding hydrogens is 518 g/mol. The second-order valence-corrected chi connectivity index (χ2v) is 10.5. The maximum Gasteiger partial charge on any atom is 0.264 e. The third-order valence-electron chi connectivity index (χ3n) is 5.21. The number of rotatable bonds is 10. The van der Waals surface area contributed by atoms with Crippen LogP contribution in [0.15, 0.2) is 71.6 Å². The van der Waals surface area contributed by atoms with Crippen LogP contribution in [-0.2, 0) is 14.8 Å². The second-order valence-electron chi connectivity index (χ2n) is 8.23. The fraction of sp³-hybridized carbons (Fsp3) is 0.231. The van der Waals surface area contributed by atoms with Crippen LogP contribution in [0.5, 0.6) is 11.5 Å². The molecule has 3 rings (SSSR count). The first-order valence-electron chi connectivity index (χ1n) is 11.3. The molecule has 0 saturated carbocycles. The number of amides is 2. The zero-order valence-corrected chi connectivity index (χ0v) is 22.4. The van der Waals surface area contributed by atoms with E-state index < -0.39 is 22.5 Å². The van der Waals surface area contributed by atoms with Gasteiger partial charge in [-0.3, -0.25) is 13.9 Å². The van der Waals surface area contributed by atoms with E-state index in [0.717, 1.165) is 4.31 Å². The molecule has 0 unspecified atom stereocenters. The van der Waals surface area contributed by atoms with Crippen LogP contribution >= 0.6 is 11.6 Å². The Morgan fingerprint density at radius 1 is 0.946 bits per heavy atom. The Labute approximate surface area is 221 Å². The minimum atomic E-state index is -4.24. The van der Waals surface area contributed by atoms with Crippen LogP contribution in [0, 0.1) is 0 Å². The summed E-state index contributed by atoms with van der Waals surface area (Å²) in [6, 6.07) is 16.6. The van der Waals surface area contributed by atoms with Crippen molar-refractivity contribution < 1.29 is 27.5 Å². The van der Waals surface area contributed by atoms with E-state index in [0.29, 0.717) is 10.8 Å². The third-order valence-corrected chi connectivity index (χ3v) is 7.23. The van der Waals surface area contributed by atoms with Gasteiger partial charge in [-0.25, -0.2) is 8.42 Å². The molecule has 196 valence electrons. The monoisotopic (exact) mass is 545 g/mol. The van der Waals surface area contributed by atoms with Crippen LogP contribution in [0.1, 0.15) is 24.2 Å². The second kappa shape index (κ2) is 12.0. The summed E-state index contributed by atoms with van der Waals surface area (Å²) in [5.74, 6) is -0.440. The fourth-order valence-electron chi connectivity index (χ4n) is 3.48. The van der Waals surface area contributed by atoms with E-state index in [1.54, 1.807) is 24.3 Å². The average molecular weight is 546 g/mol. The number of benzene rings is 3. The Balaban J connectivity index is 1.97. The molecule has 37 heavy (non-hydrogen) atoms. The van der Waals surface area contributed by atoms with E-state index in [1.165, 1.54) is 56.7 Å². The van der Waals surface area contributed by atoms with E-state index in [-0.39, 0.29) is 39.5 Å². The van der Waals surface area contributed by atoms with Gasteiger partial charge in [-0.15, -0.1) is 0 Å². The highest BCUT2D eigenvalue weighted by Crippen LogP contribution is 2.32. The van der Waals surface area contributed by atoms with Gasteiger partial charge in [0.15, 0.2) is 11.5 Å². The summed E-state index contributed by atoms with van der Waals surface area (Å²) in [5, 5.41) is 5.85. The summed E-state index contributed by atoms with van der Waals surface area (Å²) in [4.78, 5) is 25.6. The lowest BCUT2D eigenvalue weighted by atomic mass is 10.1. The number of nitrogens with zero attached hydrogens (tertiary/aromatic N) is 1. The van der Waals surface area contributed by atoms with Crippen molar-refractivity contribution in [2.24, 2.45) is 0 Å². The number of hydrogen-bond donors (Lipinski definition) is 2. The molecule has 0 aliphatic rings. The van der Waals surface area contributed by atoms with Gasteiger partial charge in [-0.2, -0.15) is 0 Å². The van der Waals surface area contributed by atoms with Gasteiger partial charge in [0, 0.05) is 17.1 Å². The zero-order chi connectivity index (χ0) is 27.2. The molecule has 0 atom stereocenters. The van der Waals surface area contributed by atoms with E-state index in [2.05, 4.69) is 10.6 Å². The number of anilines is 2. The molecule has 0 spiro atoms. The van der Waals surface area contributed by atoms with Crippen molar-refractivity contribution in [1.82, 2.24) is 5.32 Å². The molecule has 11 heteroatoms. The number of sulfonamides is 1. The number of hydrogen-bond acceptors (Lipinski definition) is 6. The highest BCUT2D eigenvalue weighted by molar-refractivity contribution is 7.92. The van der Waals surface area contributed by atoms with Gasteiger partial charge in [0.05, 0.1) is 36.1 Å². The van der Waals surface area contributed by atoms with Gasteiger partial charge in [0.1, 0.15) is 6.54 Å². The number of carbonyl (C=O) groups excluding carboxylic acids is 2. The topological polar surface area (TPSA) is 114 Å². The van der Waals surface area contributed by atoms with Crippen molar-refractivity contribution in [2.75, 3.05) is 30.4 Å². The standard InChI is InChI=1S/C26H28ClN3O6S/c1-17(2)28-26(32)21-7-5-6-8-22(21)29-25(31)16-30(19-11-9-18(27)10-12-19)37(33,34)20-13-14-23(35-3)24(15-20)36-4/h5-15,17H,16H2,1-4H3,(H,28,32)(H,29,31). The number of carbonyl (C=O) groups is 2. The van der Waals surface area contributed by atoms with Crippen LogP contribution in [0.4, 0.5) is 11.4 Å². The van der Waals surface area contributed by atoms with E-state index in [9.17, 15) is 18.0 Å². The number of nitrogens with one attached hydrogen (secondary N) is 2. The number of para-hydroxylation sites is 1. The van der Waals surface area contributed by atoms with Crippen LogP contribution in [-0.4, -0.2) is 47.0 Å². The maximum atomic E-state index is 13.7. The predicted molar refractivity (Wildman–Crippen MR) is 143 cm³/mol. The quantitative estimate of drug-likeness (QED) is 0.392. The average Bonchev–Trinajstić information content (AvgIpc) is 2.87. The van der Waals surface area contributed by atoms with Gasteiger partial charge < -0.3 is 20.1 Å². The lowest BCUT2D eigenvalue weighted by molar-refractivity contribution is -0.114. The Morgan fingerprint density at radius 3 is 2.22 bits per heavy atom. The van der Waals surface area contributed by atoms with Crippen molar-refractivity contribution in [1.29, 1.82) is 0 Å². The van der Waals surface area contributed by atoms with Crippen molar-refractivity contribution in [3.63, 3.8) is 0 Å². The van der Waals surface area contributed by atoms with Crippen molar-refractivity contribution in [3.05, 3.63) is 77.3 Å². The van der Waals surface area contributed by atoms with Crippen molar-refractivity contribution in [2.45, 2.75) is 24.8 Å². The van der Waals surface area contributed by atoms with Gasteiger partial charge in [-0.1, -0.05) is 23.7 Å². The van der Waals surface area contributed by atoms with Gasteiger partial charge in [0.25, 0.3) is 15.9 Å². The van der Waals surface area contributed by atoms with Crippen molar-refractivity contribution in [3.8, 4) is 11.5 Å². The summed E-state index contributed by atoms with van der Waals surface area (Å²) in [7, 11) is -1.41. The maximum absolute atomic E-state index is 13.7. The van der Waals surface area contributed by atoms with E-state index >= 15 is 0 Å². The molecule has 0 heterocycles. The molecule has 0 fully saturated rings. The first-order valence-corrected chi connectivity index (χ1v) is 13.1. The molecule has 0 radical (unpaired) electrons. The largest absolute Gasteiger partial charge is 0.493 e. The van der Waals surface area contributed by atoms with Crippen LogP contribution < -0.4 is 24.4 Å². The normalized spacial score (nSPS) is 11.1. The molecule has 2 N–H and O–H groups in total. The minimum Gasteiger partial charge on any atom is -0.493 e.